The van der Waals surface area contributed by atoms with Crippen molar-refractivity contribution in [1.82, 2.24) is 0 Å². The van der Waals surface area contributed by atoms with Crippen molar-refractivity contribution in [2.45, 2.75) is 9.79 Å². The van der Waals surface area contributed by atoms with E-state index in [1.165, 1.54) is 31.4 Å². The highest BCUT2D eigenvalue weighted by molar-refractivity contribution is 7.91. The summed E-state index contributed by atoms with van der Waals surface area (Å²) in [6.45, 7) is 0. The monoisotopic (exact) mass is 360 g/mol. The largest absolute Gasteiger partial charge is 0.493 e. The molecule has 0 saturated heterocycles. The molecule has 3 nitrogen and oxygen atoms in total. The van der Waals surface area contributed by atoms with Crippen LogP contribution in [0, 0.1) is 11.6 Å². The molecule has 0 bridgehead atoms. The minimum absolute atomic E-state index is 0.144. The predicted octanol–water partition coefficient (Wildman–Crippen LogP) is 4.47. The van der Waals surface area contributed by atoms with Crippen molar-refractivity contribution in [3.63, 3.8) is 0 Å². The maximum absolute atomic E-state index is 14.9. The lowest BCUT2D eigenvalue weighted by molar-refractivity contribution is 0.377. The van der Waals surface area contributed by atoms with Crippen LogP contribution < -0.4 is 4.74 Å². The first-order valence-corrected chi connectivity index (χ1v) is 8.86. The van der Waals surface area contributed by atoms with Crippen LogP contribution in [0.1, 0.15) is 0 Å². The zero-order valence-electron chi connectivity index (χ0n) is 13.2. The summed E-state index contributed by atoms with van der Waals surface area (Å²) in [4.78, 5) is -1.21. The zero-order chi connectivity index (χ0) is 18.0. The quantitative estimate of drug-likeness (QED) is 0.689. The van der Waals surface area contributed by atoms with Gasteiger partial charge in [-0.05, 0) is 23.8 Å². The van der Waals surface area contributed by atoms with Gasteiger partial charge in [-0.25, -0.2) is 17.2 Å². The molecule has 0 fully saturated rings. The van der Waals surface area contributed by atoms with Crippen molar-refractivity contribution in [1.29, 1.82) is 0 Å². The van der Waals surface area contributed by atoms with E-state index in [0.717, 1.165) is 6.07 Å². The zero-order valence-corrected chi connectivity index (χ0v) is 14.1. The van der Waals surface area contributed by atoms with Crippen LogP contribution in [0.3, 0.4) is 0 Å². The summed E-state index contributed by atoms with van der Waals surface area (Å²) in [6, 6.07) is 16.6. The number of rotatable bonds is 4. The Morgan fingerprint density at radius 3 is 2.00 bits per heavy atom. The molecule has 0 saturated carbocycles. The Balaban J connectivity index is 2.28. The second kappa shape index (κ2) is 6.64. The number of benzene rings is 3. The van der Waals surface area contributed by atoms with Crippen LogP contribution in [0.4, 0.5) is 8.78 Å². The third kappa shape index (κ3) is 3.00. The summed E-state index contributed by atoms with van der Waals surface area (Å²) in [6.07, 6.45) is 0. The fraction of sp³-hybridized carbons (Fsp3) is 0.0526. The first kappa shape index (κ1) is 17.1. The van der Waals surface area contributed by atoms with Gasteiger partial charge >= 0.3 is 0 Å². The summed E-state index contributed by atoms with van der Waals surface area (Å²) in [5, 5.41) is 0. The van der Waals surface area contributed by atoms with Gasteiger partial charge in [0, 0.05) is 5.56 Å². The molecule has 0 atom stereocenters. The van der Waals surface area contributed by atoms with Gasteiger partial charge in [-0.3, -0.25) is 0 Å². The van der Waals surface area contributed by atoms with E-state index in [9.17, 15) is 17.2 Å². The van der Waals surface area contributed by atoms with Gasteiger partial charge in [0.25, 0.3) is 0 Å². The van der Waals surface area contributed by atoms with Gasteiger partial charge in [0.2, 0.25) is 9.84 Å². The molecule has 3 aromatic carbocycles. The highest BCUT2D eigenvalue weighted by atomic mass is 32.2. The number of sulfone groups is 1. The molecular formula is C19H14F2O3S. The van der Waals surface area contributed by atoms with E-state index in [1.54, 1.807) is 36.4 Å². The van der Waals surface area contributed by atoms with Crippen molar-refractivity contribution in [3.8, 4) is 16.9 Å². The maximum atomic E-state index is 14.9. The van der Waals surface area contributed by atoms with Crippen molar-refractivity contribution in [3.05, 3.63) is 78.4 Å². The van der Waals surface area contributed by atoms with E-state index in [2.05, 4.69) is 0 Å². The molecule has 0 amide bonds. The average molecular weight is 360 g/mol. The summed E-state index contributed by atoms with van der Waals surface area (Å²) < 4.78 is 59.9. The molecule has 0 aliphatic carbocycles. The van der Waals surface area contributed by atoms with Crippen molar-refractivity contribution in [2.24, 2.45) is 0 Å². The van der Waals surface area contributed by atoms with Crippen molar-refractivity contribution in [2.75, 3.05) is 7.11 Å². The molecule has 0 heterocycles. The van der Waals surface area contributed by atoms with Gasteiger partial charge < -0.3 is 4.74 Å². The third-order valence-corrected chi connectivity index (χ3v) is 5.55. The molecule has 0 N–H and O–H groups in total. The van der Waals surface area contributed by atoms with Crippen LogP contribution in [0.25, 0.3) is 11.1 Å². The lowest BCUT2D eigenvalue weighted by Crippen LogP contribution is -2.09. The number of methoxy groups -OCH3 is 1. The van der Waals surface area contributed by atoms with Crippen LogP contribution in [0.15, 0.2) is 76.5 Å². The Labute approximate surface area is 144 Å². The molecule has 0 unspecified atom stereocenters. The molecule has 6 heteroatoms. The second-order valence-corrected chi connectivity index (χ2v) is 7.15. The molecule has 3 rings (SSSR count). The topological polar surface area (TPSA) is 43.4 Å². The number of hydrogen-bond acceptors (Lipinski definition) is 3. The van der Waals surface area contributed by atoms with Crippen LogP contribution in [0.5, 0.6) is 5.75 Å². The Morgan fingerprint density at radius 2 is 1.44 bits per heavy atom. The Morgan fingerprint density at radius 1 is 0.880 bits per heavy atom. The molecule has 3 aromatic rings. The van der Waals surface area contributed by atoms with Gasteiger partial charge in [0.15, 0.2) is 11.6 Å². The second-order valence-electron chi connectivity index (χ2n) is 5.26. The standard InChI is InChI=1S/C19H14F2O3S/c1-24-18-15(13-8-4-2-5-9-13)12-16(20)19(17(18)21)25(22,23)14-10-6-3-7-11-14/h2-12H,1H3. The van der Waals surface area contributed by atoms with E-state index in [-0.39, 0.29) is 16.2 Å². The summed E-state index contributed by atoms with van der Waals surface area (Å²) in [5.74, 6) is -2.73. The lowest BCUT2D eigenvalue weighted by atomic mass is 10.0. The average Bonchev–Trinajstić information content (AvgIpc) is 2.62. The fourth-order valence-corrected chi connectivity index (χ4v) is 3.97. The Kier molecular flexibility index (Phi) is 4.55. The summed E-state index contributed by atoms with van der Waals surface area (Å²) in [5.41, 5.74) is 0.658. The smallest absolute Gasteiger partial charge is 0.212 e. The van der Waals surface area contributed by atoms with Gasteiger partial charge in [-0.2, -0.15) is 0 Å². The van der Waals surface area contributed by atoms with Crippen LogP contribution in [0.2, 0.25) is 0 Å². The van der Waals surface area contributed by atoms with Gasteiger partial charge in [0.1, 0.15) is 10.7 Å². The number of ether oxygens (including phenoxy) is 1. The highest BCUT2D eigenvalue weighted by Gasteiger charge is 2.30. The maximum Gasteiger partial charge on any atom is 0.212 e. The molecule has 128 valence electrons. The lowest BCUT2D eigenvalue weighted by Gasteiger charge is -2.14. The first-order valence-electron chi connectivity index (χ1n) is 7.38. The van der Waals surface area contributed by atoms with E-state index < -0.39 is 26.4 Å². The molecule has 0 aliphatic rings. The van der Waals surface area contributed by atoms with Gasteiger partial charge in [0.05, 0.1) is 12.0 Å². The molecule has 25 heavy (non-hydrogen) atoms. The van der Waals surface area contributed by atoms with Crippen LogP contribution in [-0.4, -0.2) is 15.5 Å². The van der Waals surface area contributed by atoms with E-state index >= 15 is 0 Å². The highest BCUT2D eigenvalue weighted by Crippen LogP contribution is 2.38. The minimum atomic E-state index is -4.36. The Hall–Kier alpha value is -2.73. The van der Waals surface area contributed by atoms with Crippen molar-refractivity contribution >= 4 is 9.84 Å². The molecule has 0 aromatic heterocycles. The molecular weight excluding hydrogens is 346 g/mol. The van der Waals surface area contributed by atoms with Crippen LogP contribution in [-0.2, 0) is 9.84 Å². The van der Waals surface area contributed by atoms with E-state index in [0.29, 0.717) is 5.56 Å². The summed E-state index contributed by atoms with van der Waals surface area (Å²) in [7, 11) is -3.15. The SMILES string of the molecule is COc1c(-c2ccccc2)cc(F)c(S(=O)(=O)c2ccccc2)c1F. The molecule has 0 radical (unpaired) electrons. The van der Waals surface area contributed by atoms with Crippen molar-refractivity contribution < 1.29 is 21.9 Å². The van der Waals surface area contributed by atoms with Crippen LogP contribution >= 0.6 is 0 Å². The normalized spacial score (nSPS) is 11.3. The van der Waals surface area contributed by atoms with Gasteiger partial charge in [-0.1, -0.05) is 48.5 Å². The first-order chi connectivity index (χ1) is 12.0. The number of hydrogen-bond donors (Lipinski definition) is 0. The van der Waals surface area contributed by atoms with Gasteiger partial charge in [-0.15, -0.1) is 0 Å². The summed E-state index contributed by atoms with van der Waals surface area (Å²) >= 11 is 0. The van der Waals surface area contributed by atoms with E-state index in [4.69, 9.17) is 4.74 Å². The molecule has 0 aliphatic heterocycles. The number of halogens is 2. The predicted molar refractivity (Wildman–Crippen MR) is 90.2 cm³/mol. The molecule has 0 spiro atoms. The minimum Gasteiger partial charge on any atom is -0.493 e. The fourth-order valence-electron chi connectivity index (χ4n) is 2.58. The van der Waals surface area contributed by atoms with E-state index in [1.807, 2.05) is 0 Å². The third-order valence-electron chi connectivity index (χ3n) is 3.74. The Bertz CT molecular complexity index is 1000.